The minimum Gasteiger partial charge on any atom is -0.480 e. The molecule has 1 aromatic carbocycles. The minimum atomic E-state index is -0.589. The van der Waals surface area contributed by atoms with Crippen LogP contribution in [0.5, 0.6) is 5.75 Å². The van der Waals surface area contributed by atoms with Crippen molar-refractivity contribution in [1.29, 1.82) is 0 Å². The van der Waals surface area contributed by atoms with Crippen molar-refractivity contribution >= 4 is 22.6 Å². The molecule has 0 saturated heterocycles. The van der Waals surface area contributed by atoms with E-state index in [-0.39, 0.29) is 0 Å². The zero-order valence-corrected chi connectivity index (χ0v) is 9.98. The van der Waals surface area contributed by atoms with Gasteiger partial charge in [0, 0.05) is 0 Å². The first kappa shape index (κ1) is 11.3. The molecule has 0 aliphatic rings. The highest BCUT2D eigenvalue weighted by Gasteiger charge is 1.96. The molecule has 0 amide bonds. The van der Waals surface area contributed by atoms with Gasteiger partial charge in [0.2, 0.25) is 0 Å². The van der Waals surface area contributed by atoms with E-state index in [1.165, 1.54) is 0 Å². The number of ether oxygens (including phenoxy) is 1. The van der Waals surface area contributed by atoms with Gasteiger partial charge in [-0.25, -0.2) is 0 Å². The maximum Gasteiger partial charge on any atom is 0.149 e. The Labute approximate surface area is 97.4 Å². The molecule has 1 aromatic rings. The van der Waals surface area contributed by atoms with Gasteiger partial charge in [0.05, 0.1) is 3.57 Å². The molecule has 1 unspecified atom stereocenters. The molecule has 0 spiro atoms. The molecule has 0 saturated carbocycles. The molecule has 0 heterocycles. The number of halogens is 1. The molecule has 0 aliphatic heterocycles. The van der Waals surface area contributed by atoms with Crippen LogP contribution in [-0.2, 0) is 0 Å². The third-order valence-electron chi connectivity index (χ3n) is 1.45. The van der Waals surface area contributed by atoms with Crippen LogP contribution in [0.3, 0.4) is 0 Å². The quantitative estimate of drug-likeness (QED) is 0.669. The summed E-state index contributed by atoms with van der Waals surface area (Å²) in [6.45, 7) is 1.93. The Morgan fingerprint density at radius 2 is 2.21 bits per heavy atom. The Morgan fingerprint density at radius 3 is 2.86 bits per heavy atom. The lowest BCUT2D eigenvalue weighted by Crippen LogP contribution is -1.98. The molecule has 0 fully saturated rings. The van der Waals surface area contributed by atoms with Crippen LogP contribution >= 0.6 is 22.6 Å². The normalized spacial score (nSPS) is 11.4. The third kappa shape index (κ3) is 3.99. The Hall–Kier alpha value is -0.730. The van der Waals surface area contributed by atoms with Gasteiger partial charge in [0.25, 0.3) is 0 Å². The summed E-state index contributed by atoms with van der Waals surface area (Å²) < 4.78 is 6.45. The summed E-state index contributed by atoms with van der Waals surface area (Å²) in [7, 11) is 0. The second-order valence-electron chi connectivity index (χ2n) is 2.72. The van der Waals surface area contributed by atoms with E-state index in [9.17, 15) is 0 Å². The van der Waals surface area contributed by atoms with Gasteiger partial charge in [0.15, 0.2) is 0 Å². The molecule has 1 atom stereocenters. The number of hydrogen-bond acceptors (Lipinski definition) is 2. The maximum atomic E-state index is 8.87. The largest absolute Gasteiger partial charge is 0.480 e. The number of aliphatic hydroxyl groups excluding tert-OH is 1. The Kier molecular flexibility index (Phi) is 4.77. The SMILES string of the molecule is CC(O)C#CCOc1ccccc1I. The van der Waals surface area contributed by atoms with Crippen molar-refractivity contribution in [1.82, 2.24) is 0 Å². The molecule has 3 heteroatoms. The van der Waals surface area contributed by atoms with E-state index in [1.54, 1.807) is 6.92 Å². The van der Waals surface area contributed by atoms with Crippen molar-refractivity contribution in [2.75, 3.05) is 6.61 Å². The van der Waals surface area contributed by atoms with Gasteiger partial charge in [-0.05, 0) is 41.6 Å². The van der Waals surface area contributed by atoms with Crippen LogP contribution in [0.2, 0.25) is 0 Å². The Bertz CT molecular complexity index is 350. The highest BCUT2D eigenvalue weighted by atomic mass is 127. The van der Waals surface area contributed by atoms with Crippen molar-refractivity contribution in [3.8, 4) is 17.6 Å². The van der Waals surface area contributed by atoms with E-state index < -0.39 is 6.10 Å². The number of para-hydroxylation sites is 1. The first-order valence-electron chi connectivity index (χ1n) is 4.24. The average molecular weight is 302 g/mol. The third-order valence-corrected chi connectivity index (χ3v) is 2.34. The number of hydrogen-bond donors (Lipinski definition) is 1. The topological polar surface area (TPSA) is 29.5 Å². The van der Waals surface area contributed by atoms with Crippen molar-refractivity contribution in [2.45, 2.75) is 13.0 Å². The number of rotatable bonds is 2. The summed E-state index contributed by atoms with van der Waals surface area (Å²) in [6.07, 6.45) is -0.589. The number of benzene rings is 1. The molecule has 74 valence electrons. The van der Waals surface area contributed by atoms with E-state index >= 15 is 0 Å². The second-order valence-corrected chi connectivity index (χ2v) is 3.88. The molecular weight excluding hydrogens is 291 g/mol. The summed E-state index contributed by atoms with van der Waals surface area (Å²) in [4.78, 5) is 0. The monoisotopic (exact) mass is 302 g/mol. The predicted molar refractivity (Wildman–Crippen MR) is 64.1 cm³/mol. The van der Waals surface area contributed by atoms with Crippen LogP contribution in [0.1, 0.15) is 6.92 Å². The van der Waals surface area contributed by atoms with Gasteiger partial charge in [-0.3, -0.25) is 0 Å². The fourth-order valence-corrected chi connectivity index (χ4v) is 1.41. The molecule has 14 heavy (non-hydrogen) atoms. The molecule has 0 aliphatic carbocycles. The predicted octanol–water partition coefficient (Wildman–Crippen LogP) is 2.05. The van der Waals surface area contributed by atoms with Crippen molar-refractivity contribution < 1.29 is 9.84 Å². The van der Waals surface area contributed by atoms with Crippen molar-refractivity contribution in [3.63, 3.8) is 0 Å². The maximum absolute atomic E-state index is 8.87. The van der Waals surface area contributed by atoms with Crippen LogP contribution in [0.15, 0.2) is 24.3 Å². The van der Waals surface area contributed by atoms with Gasteiger partial charge in [0.1, 0.15) is 18.5 Å². The van der Waals surface area contributed by atoms with Gasteiger partial charge in [-0.2, -0.15) is 0 Å². The van der Waals surface area contributed by atoms with Crippen LogP contribution in [0.25, 0.3) is 0 Å². The summed E-state index contributed by atoms with van der Waals surface area (Å²) in [6, 6.07) is 7.74. The standard InChI is InChI=1S/C11H11IO2/c1-9(13)5-4-8-14-11-7-3-2-6-10(11)12/h2-3,6-7,9,13H,8H2,1H3. The fraction of sp³-hybridized carbons (Fsp3) is 0.273. The highest BCUT2D eigenvalue weighted by molar-refractivity contribution is 14.1. The lowest BCUT2D eigenvalue weighted by Gasteiger charge is -2.03. The van der Waals surface area contributed by atoms with Gasteiger partial charge >= 0.3 is 0 Å². The van der Waals surface area contributed by atoms with Crippen LogP contribution in [0, 0.1) is 15.4 Å². The fourth-order valence-electron chi connectivity index (χ4n) is 0.865. The van der Waals surface area contributed by atoms with E-state index in [1.807, 2.05) is 24.3 Å². The Balaban J connectivity index is 2.48. The average Bonchev–Trinajstić information content (AvgIpc) is 2.15. The van der Waals surface area contributed by atoms with E-state index in [0.717, 1.165) is 9.32 Å². The smallest absolute Gasteiger partial charge is 0.149 e. The lowest BCUT2D eigenvalue weighted by atomic mass is 10.3. The van der Waals surface area contributed by atoms with E-state index in [2.05, 4.69) is 34.4 Å². The van der Waals surface area contributed by atoms with Crippen molar-refractivity contribution in [2.24, 2.45) is 0 Å². The highest BCUT2D eigenvalue weighted by Crippen LogP contribution is 2.19. The molecule has 0 bridgehead atoms. The van der Waals surface area contributed by atoms with Gasteiger partial charge in [-0.15, -0.1) is 0 Å². The van der Waals surface area contributed by atoms with Gasteiger partial charge < -0.3 is 9.84 Å². The minimum absolute atomic E-state index is 0.310. The molecule has 2 nitrogen and oxygen atoms in total. The zero-order chi connectivity index (χ0) is 10.4. The zero-order valence-electron chi connectivity index (χ0n) is 7.83. The molecule has 1 rings (SSSR count). The first-order chi connectivity index (χ1) is 6.70. The second kappa shape index (κ2) is 5.89. The van der Waals surface area contributed by atoms with Gasteiger partial charge in [-0.1, -0.05) is 24.0 Å². The Morgan fingerprint density at radius 1 is 1.50 bits per heavy atom. The van der Waals surface area contributed by atoms with E-state index in [4.69, 9.17) is 9.84 Å². The molecular formula is C11H11IO2. The lowest BCUT2D eigenvalue weighted by molar-refractivity contribution is 0.253. The molecule has 1 N–H and O–H groups in total. The van der Waals surface area contributed by atoms with Crippen LogP contribution < -0.4 is 4.74 Å². The molecule has 0 aromatic heterocycles. The molecule has 0 radical (unpaired) electrons. The summed E-state index contributed by atoms with van der Waals surface area (Å²) in [5, 5.41) is 8.87. The summed E-state index contributed by atoms with van der Waals surface area (Å²) in [5.41, 5.74) is 0. The first-order valence-corrected chi connectivity index (χ1v) is 5.32. The van der Waals surface area contributed by atoms with E-state index in [0.29, 0.717) is 6.61 Å². The van der Waals surface area contributed by atoms with Crippen molar-refractivity contribution in [3.05, 3.63) is 27.8 Å². The van der Waals surface area contributed by atoms with Crippen LogP contribution in [0.4, 0.5) is 0 Å². The van der Waals surface area contributed by atoms with Crippen LogP contribution in [-0.4, -0.2) is 17.8 Å². The summed E-state index contributed by atoms with van der Waals surface area (Å²) in [5.74, 6) is 6.18. The summed E-state index contributed by atoms with van der Waals surface area (Å²) >= 11 is 2.20. The number of aliphatic hydroxyl groups is 1.